The summed E-state index contributed by atoms with van der Waals surface area (Å²) >= 11 is 0. The third-order valence-electron chi connectivity index (χ3n) is 3.76. The van der Waals surface area contributed by atoms with Crippen LogP contribution in [0.2, 0.25) is 0 Å². The molecule has 2 atom stereocenters. The molecule has 6 heteroatoms. The Balaban J connectivity index is 1.91. The first kappa shape index (κ1) is 16.1. The van der Waals surface area contributed by atoms with Crippen molar-refractivity contribution in [2.75, 3.05) is 25.2 Å². The fourth-order valence-electron chi connectivity index (χ4n) is 2.42. The van der Waals surface area contributed by atoms with E-state index in [4.69, 9.17) is 9.47 Å². The van der Waals surface area contributed by atoms with Crippen LogP contribution in [0.3, 0.4) is 0 Å². The lowest BCUT2D eigenvalue weighted by atomic mass is 10.1. The van der Waals surface area contributed by atoms with Gasteiger partial charge in [0, 0.05) is 11.8 Å². The third kappa shape index (κ3) is 4.35. The van der Waals surface area contributed by atoms with Crippen LogP contribution in [0.15, 0.2) is 24.3 Å². The van der Waals surface area contributed by atoms with Gasteiger partial charge in [0.1, 0.15) is 22.5 Å². The average molecular weight is 313 g/mol. The van der Waals surface area contributed by atoms with E-state index in [0.717, 1.165) is 17.9 Å². The number of fused-ring (bicyclic) bond motifs is 1. The first-order valence-corrected chi connectivity index (χ1v) is 9.14. The van der Waals surface area contributed by atoms with Crippen molar-refractivity contribution < 1.29 is 17.9 Å². The van der Waals surface area contributed by atoms with E-state index in [-0.39, 0.29) is 23.7 Å². The zero-order chi connectivity index (χ0) is 15.3. The number of rotatable bonds is 7. The van der Waals surface area contributed by atoms with Gasteiger partial charge in [-0.1, -0.05) is 19.1 Å². The van der Waals surface area contributed by atoms with Crippen LogP contribution in [0.4, 0.5) is 0 Å². The van der Waals surface area contributed by atoms with E-state index in [0.29, 0.717) is 13.0 Å². The molecular formula is C15H23NO4S. The fraction of sp³-hybridized carbons (Fsp3) is 0.600. The van der Waals surface area contributed by atoms with E-state index in [2.05, 4.69) is 5.32 Å². The van der Waals surface area contributed by atoms with Crippen molar-refractivity contribution in [3.63, 3.8) is 0 Å². The van der Waals surface area contributed by atoms with E-state index >= 15 is 0 Å². The summed E-state index contributed by atoms with van der Waals surface area (Å²) < 4.78 is 34.7. The molecule has 0 aromatic heterocycles. The zero-order valence-electron chi connectivity index (χ0n) is 12.5. The molecule has 0 radical (unpaired) electrons. The quantitative estimate of drug-likeness (QED) is 0.829. The minimum absolute atomic E-state index is 0.0745. The Morgan fingerprint density at radius 1 is 1.33 bits per heavy atom. The number of sulfone groups is 1. The molecule has 0 aliphatic carbocycles. The second-order valence-electron chi connectivity index (χ2n) is 5.19. The number of ether oxygens (including phenoxy) is 2. The summed E-state index contributed by atoms with van der Waals surface area (Å²) in [6, 6.07) is 7.66. The lowest BCUT2D eigenvalue weighted by Gasteiger charge is -2.32. The molecule has 21 heavy (non-hydrogen) atoms. The lowest BCUT2D eigenvalue weighted by molar-refractivity contribution is 0.0615. The van der Waals surface area contributed by atoms with Crippen molar-refractivity contribution in [2.45, 2.75) is 31.9 Å². The standard InChI is InChI=1S/C15H23NO4S/c1-3-21(17,18)10-6-7-12(16-2)15-11-19-13-8-4-5-9-14(13)20-15/h4-5,8-9,12,15-16H,3,6-7,10-11H2,1-2H3. The SMILES string of the molecule is CCS(=O)(=O)CCCC(NC)C1COc2ccccc2O1. The summed E-state index contributed by atoms with van der Waals surface area (Å²) in [5.74, 6) is 1.94. The van der Waals surface area contributed by atoms with Crippen LogP contribution in [0.25, 0.3) is 0 Å². The Bertz CT molecular complexity index is 559. The molecule has 1 N–H and O–H groups in total. The Morgan fingerprint density at radius 3 is 2.71 bits per heavy atom. The molecule has 118 valence electrons. The molecule has 2 unspecified atom stereocenters. The minimum atomic E-state index is -2.90. The van der Waals surface area contributed by atoms with Gasteiger partial charge in [0.2, 0.25) is 0 Å². The Kier molecular flexibility index (Phi) is 5.47. The van der Waals surface area contributed by atoms with Gasteiger partial charge < -0.3 is 14.8 Å². The monoisotopic (exact) mass is 313 g/mol. The smallest absolute Gasteiger partial charge is 0.161 e. The van der Waals surface area contributed by atoms with Crippen LogP contribution in [-0.4, -0.2) is 45.7 Å². The highest BCUT2D eigenvalue weighted by Gasteiger charge is 2.27. The van der Waals surface area contributed by atoms with Crippen molar-refractivity contribution in [3.8, 4) is 11.5 Å². The fourth-order valence-corrected chi connectivity index (χ4v) is 3.31. The molecule has 0 spiro atoms. The number of hydrogen-bond acceptors (Lipinski definition) is 5. The molecule has 1 aliphatic rings. The molecule has 0 bridgehead atoms. The first-order chi connectivity index (χ1) is 10.1. The number of nitrogens with one attached hydrogen (secondary N) is 1. The maximum Gasteiger partial charge on any atom is 0.161 e. The summed E-state index contributed by atoms with van der Waals surface area (Å²) in [4.78, 5) is 0. The van der Waals surface area contributed by atoms with Gasteiger partial charge in [-0.25, -0.2) is 8.42 Å². The van der Waals surface area contributed by atoms with Gasteiger partial charge >= 0.3 is 0 Å². The lowest BCUT2D eigenvalue weighted by Crippen LogP contribution is -2.46. The van der Waals surface area contributed by atoms with Crippen molar-refractivity contribution >= 4 is 9.84 Å². The predicted molar refractivity (Wildman–Crippen MR) is 82.8 cm³/mol. The number of para-hydroxylation sites is 2. The van der Waals surface area contributed by atoms with Crippen LogP contribution < -0.4 is 14.8 Å². The van der Waals surface area contributed by atoms with Gasteiger partial charge in [0.25, 0.3) is 0 Å². The van der Waals surface area contributed by atoms with E-state index in [9.17, 15) is 8.42 Å². The maximum atomic E-state index is 11.5. The summed E-state index contributed by atoms with van der Waals surface area (Å²) in [6.45, 7) is 2.16. The number of likely N-dealkylation sites (N-methyl/N-ethyl adjacent to an activating group) is 1. The largest absolute Gasteiger partial charge is 0.486 e. The van der Waals surface area contributed by atoms with Gasteiger partial charge in [-0.2, -0.15) is 0 Å². The van der Waals surface area contributed by atoms with Crippen LogP contribution >= 0.6 is 0 Å². The molecule has 0 fully saturated rings. The van der Waals surface area contributed by atoms with E-state index < -0.39 is 9.84 Å². The highest BCUT2D eigenvalue weighted by atomic mass is 32.2. The summed E-state index contributed by atoms with van der Waals surface area (Å²) in [7, 11) is -1.04. The molecule has 0 saturated heterocycles. The van der Waals surface area contributed by atoms with Crippen LogP contribution in [-0.2, 0) is 9.84 Å². The van der Waals surface area contributed by atoms with Crippen molar-refractivity contribution in [2.24, 2.45) is 0 Å². The third-order valence-corrected chi connectivity index (χ3v) is 5.55. The van der Waals surface area contributed by atoms with Gasteiger partial charge in [-0.3, -0.25) is 0 Å². The molecule has 1 heterocycles. The number of benzene rings is 1. The Hall–Kier alpha value is -1.27. The van der Waals surface area contributed by atoms with Gasteiger partial charge in [-0.15, -0.1) is 0 Å². The van der Waals surface area contributed by atoms with Crippen molar-refractivity contribution in [1.29, 1.82) is 0 Å². The highest BCUT2D eigenvalue weighted by molar-refractivity contribution is 7.91. The van der Waals surface area contributed by atoms with Gasteiger partial charge in [0.15, 0.2) is 11.5 Å². The zero-order valence-corrected chi connectivity index (χ0v) is 13.4. The predicted octanol–water partition coefficient (Wildman–Crippen LogP) is 1.63. The molecule has 0 saturated carbocycles. The molecule has 1 aromatic carbocycles. The maximum absolute atomic E-state index is 11.5. The molecule has 1 aromatic rings. The van der Waals surface area contributed by atoms with Crippen LogP contribution in [0.5, 0.6) is 11.5 Å². The molecule has 2 rings (SSSR count). The summed E-state index contributed by atoms with van der Waals surface area (Å²) in [6.07, 6.45) is 1.27. The molecule has 0 amide bonds. The molecule has 1 aliphatic heterocycles. The van der Waals surface area contributed by atoms with E-state index in [1.807, 2.05) is 31.3 Å². The Morgan fingerprint density at radius 2 is 2.05 bits per heavy atom. The molecule has 5 nitrogen and oxygen atoms in total. The normalized spacial score (nSPS) is 19.2. The van der Waals surface area contributed by atoms with Crippen molar-refractivity contribution in [3.05, 3.63) is 24.3 Å². The minimum Gasteiger partial charge on any atom is -0.486 e. The van der Waals surface area contributed by atoms with Gasteiger partial charge in [0.05, 0.1) is 5.75 Å². The van der Waals surface area contributed by atoms with Crippen LogP contribution in [0, 0.1) is 0 Å². The highest BCUT2D eigenvalue weighted by Crippen LogP contribution is 2.32. The topological polar surface area (TPSA) is 64.6 Å². The van der Waals surface area contributed by atoms with Gasteiger partial charge in [-0.05, 0) is 32.0 Å². The molecular weight excluding hydrogens is 290 g/mol. The second-order valence-corrected chi connectivity index (χ2v) is 7.66. The van der Waals surface area contributed by atoms with Crippen molar-refractivity contribution in [1.82, 2.24) is 5.32 Å². The van der Waals surface area contributed by atoms with Crippen LogP contribution in [0.1, 0.15) is 19.8 Å². The second kappa shape index (κ2) is 7.13. The Labute approximate surface area is 126 Å². The first-order valence-electron chi connectivity index (χ1n) is 7.32. The summed E-state index contributed by atoms with van der Waals surface area (Å²) in [5.41, 5.74) is 0. The van der Waals surface area contributed by atoms with E-state index in [1.165, 1.54) is 0 Å². The summed E-state index contributed by atoms with van der Waals surface area (Å²) in [5, 5.41) is 3.21. The average Bonchev–Trinajstić information content (AvgIpc) is 2.51. The van der Waals surface area contributed by atoms with E-state index in [1.54, 1.807) is 6.92 Å². The number of hydrogen-bond donors (Lipinski definition) is 1.